The molecule has 2 amide bonds. The molecule has 3 aromatic rings. The maximum Gasteiger partial charge on any atom is 0.261 e. The van der Waals surface area contributed by atoms with Gasteiger partial charge in [-0.25, -0.2) is 9.37 Å². The van der Waals surface area contributed by atoms with Crippen LogP contribution in [0.4, 0.5) is 4.39 Å². The lowest BCUT2D eigenvalue weighted by molar-refractivity contribution is -0.124. The summed E-state index contributed by atoms with van der Waals surface area (Å²) in [6, 6.07) is 10.4. The summed E-state index contributed by atoms with van der Waals surface area (Å²) in [7, 11) is 1.43. The van der Waals surface area contributed by atoms with E-state index in [1.165, 1.54) is 37.4 Å². The van der Waals surface area contributed by atoms with E-state index in [9.17, 15) is 18.8 Å². The second-order valence-corrected chi connectivity index (χ2v) is 10.6. The molecule has 1 unspecified atom stereocenters. The van der Waals surface area contributed by atoms with Crippen LogP contribution in [-0.2, 0) is 10.2 Å². The highest BCUT2D eigenvalue weighted by Gasteiger charge is 2.36. The van der Waals surface area contributed by atoms with E-state index < -0.39 is 29.0 Å². The van der Waals surface area contributed by atoms with Gasteiger partial charge in [-0.2, -0.15) is 0 Å². The van der Waals surface area contributed by atoms with Crippen LogP contribution in [0.1, 0.15) is 46.7 Å². The van der Waals surface area contributed by atoms with Gasteiger partial charge in [0, 0.05) is 35.1 Å². The number of hydrogen-bond acceptors (Lipinski definition) is 7. The minimum absolute atomic E-state index is 0.0762. The zero-order valence-electron chi connectivity index (χ0n) is 22.1. The molecule has 1 fully saturated rings. The summed E-state index contributed by atoms with van der Waals surface area (Å²) in [4.78, 5) is 42.5. The van der Waals surface area contributed by atoms with Crippen LogP contribution >= 0.6 is 11.6 Å². The predicted molar refractivity (Wildman–Crippen MR) is 145 cm³/mol. The fourth-order valence-corrected chi connectivity index (χ4v) is 4.77. The van der Waals surface area contributed by atoms with Crippen LogP contribution in [0, 0.1) is 5.82 Å². The van der Waals surface area contributed by atoms with Crippen molar-refractivity contribution in [3.63, 3.8) is 0 Å². The number of carbonyl (C=O) groups excluding carboxylic acids is 3. The molecule has 9 nitrogen and oxygen atoms in total. The fourth-order valence-electron chi connectivity index (χ4n) is 4.59. The lowest BCUT2D eigenvalue weighted by Gasteiger charge is -2.17. The molecular formula is C29H27ClFN3O6. The maximum absolute atomic E-state index is 13.8. The van der Waals surface area contributed by atoms with Crippen LogP contribution in [0.3, 0.4) is 0 Å². The number of nitrogens with one attached hydrogen (secondary N) is 2. The Balaban J connectivity index is 1.35. The van der Waals surface area contributed by atoms with E-state index in [1.807, 2.05) is 13.8 Å². The molecule has 0 radical (unpaired) electrons. The molecule has 11 heteroatoms. The second kappa shape index (κ2) is 10.8. The molecule has 208 valence electrons. The summed E-state index contributed by atoms with van der Waals surface area (Å²) >= 11 is 6.00. The van der Waals surface area contributed by atoms with Crippen molar-refractivity contribution < 1.29 is 33.0 Å². The molecule has 1 aromatic heterocycles. The zero-order valence-corrected chi connectivity index (χ0v) is 22.9. The van der Waals surface area contributed by atoms with Crippen molar-refractivity contribution in [3.05, 3.63) is 70.1 Å². The van der Waals surface area contributed by atoms with E-state index in [-0.39, 0.29) is 34.5 Å². The first-order valence-electron chi connectivity index (χ1n) is 12.6. The van der Waals surface area contributed by atoms with Gasteiger partial charge < -0.3 is 24.8 Å². The van der Waals surface area contributed by atoms with Gasteiger partial charge in [0.15, 0.2) is 23.4 Å². The third-order valence-corrected chi connectivity index (χ3v) is 7.15. The minimum atomic E-state index is -0.628. The summed E-state index contributed by atoms with van der Waals surface area (Å²) in [5.41, 5.74) is 1.63. The van der Waals surface area contributed by atoms with Crippen LogP contribution in [0.15, 0.2) is 42.5 Å². The molecule has 2 aliphatic rings. The number of carbonyl (C=O) groups is 3. The number of rotatable bonds is 8. The fraction of sp³-hybridized carbons (Fsp3) is 0.310. The van der Waals surface area contributed by atoms with Crippen molar-refractivity contribution in [1.82, 2.24) is 15.6 Å². The molecule has 1 saturated heterocycles. The Bertz CT molecular complexity index is 1530. The third-order valence-electron chi connectivity index (χ3n) is 6.86. The quantitative estimate of drug-likeness (QED) is 0.394. The highest BCUT2D eigenvalue weighted by molar-refractivity contribution is 6.31. The van der Waals surface area contributed by atoms with Crippen molar-refractivity contribution in [2.24, 2.45) is 0 Å². The topological polar surface area (TPSA) is 116 Å². The highest BCUT2D eigenvalue weighted by Crippen LogP contribution is 2.44. The van der Waals surface area contributed by atoms with Gasteiger partial charge in [-0.15, -0.1) is 0 Å². The Morgan fingerprint density at radius 1 is 1.20 bits per heavy atom. The van der Waals surface area contributed by atoms with E-state index in [2.05, 4.69) is 15.6 Å². The number of benzene rings is 2. The molecule has 0 spiro atoms. The van der Waals surface area contributed by atoms with Crippen molar-refractivity contribution >= 4 is 29.2 Å². The number of ether oxygens (including phenoxy) is 3. The van der Waals surface area contributed by atoms with Gasteiger partial charge in [0.2, 0.25) is 0 Å². The molecule has 2 N–H and O–H groups in total. The molecule has 2 aliphatic heterocycles. The van der Waals surface area contributed by atoms with Crippen LogP contribution in [0.2, 0.25) is 5.02 Å². The first-order valence-corrected chi connectivity index (χ1v) is 13.0. The number of aromatic nitrogens is 1. The number of hydrogen-bond donors (Lipinski definition) is 2. The Morgan fingerprint density at radius 2 is 2.00 bits per heavy atom. The van der Waals surface area contributed by atoms with Crippen molar-refractivity contribution in [3.8, 4) is 28.5 Å². The molecule has 0 bridgehead atoms. The largest absolute Gasteiger partial charge is 0.493 e. The average molecular weight is 568 g/mol. The maximum atomic E-state index is 13.8. The van der Waals surface area contributed by atoms with Gasteiger partial charge in [0.1, 0.15) is 23.0 Å². The van der Waals surface area contributed by atoms with Gasteiger partial charge in [0.05, 0.1) is 25.3 Å². The second-order valence-electron chi connectivity index (χ2n) is 10.2. The van der Waals surface area contributed by atoms with Crippen LogP contribution in [0.25, 0.3) is 11.3 Å². The SMILES string of the molecule is COc1cc(C(=O)NCC(=O)c2cc3c(c(-c4ccc(F)c(Cl)c4)n2)OCC3(C)C)ccc1OC1CCNC1=O. The van der Waals surface area contributed by atoms with Crippen LogP contribution < -0.4 is 24.8 Å². The molecule has 2 aromatic carbocycles. The number of amides is 2. The monoisotopic (exact) mass is 567 g/mol. The molecule has 0 saturated carbocycles. The van der Waals surface area contributed by atoms with E-state index in [0.29, 0.717) is 42.3 Å². The highest BCUT2D eigenvalue weighted by atomic mass is 35.5. The predicted octanol–water partition coefficient (Wildman–Crippen LogP) is 4.10. The molecule has 5 rings (SSSR count). The lowest BCUT2D eigenvalue weighted by atomic mass is 9.86. The van der Waals surface area contributed by atoms with Crippen molar-refractivity contribution in [2.75, 3.05) is 26.8 Å². The van der Waals surface area contributed by atoms with E-state index in [1.54, 1.807) is 12.1 Å². The number of ketones is 1. The van der Waals surface area contributed by atoms with Crippen LogP contribution in [0.5, 0.6) is 17.2 Å². The Morgan fingerprint density at radius 3 is 2.70 bits per heavy atom. The molecule has 3 heterocycles. The Kier molecular flexibility index (Phi) is 7.37. The smallest absolute Gasteiger partial charge is 0.261 e. The van der Waals surface area contributed by atoms with Crippen LogP contribution in [-0.4, -0.2) is 55.5 Å². The standard InChI is InChI=1S/C29H27ClFN3O6/c1-29(2)14-39-26-17(29)12-20(34-25(26)15-4-6-19(31)18(30)10-15)21(35)13-33-27(36)16-5-7-22(24(11-16)38-3)40-23-8-9-32-28(23)37/h4-7,10-12,23H,8-9,13-14H2,1-3H3,(H,32,37)(H,33,36). The number of fused-ring (bicyclic) bond motifs is 1. The number of nitrogens with zero attached hydrogens (tertiary/aromatic N) is 1. The minimum Gasteiger partial charge on any atom is -0.493 e. The molecule has 1 atom stereocenters. The van der Waals surface area contributed by atoms with Crippen molar-refractivity contribution in [2.45, 2.75) is 31.8 Å². The lowest BCUT2D eigenvalue weighted by Crippen LogP contribution is -2.30. The molecular weight excluding hydrogens is 541 g/mol. The first-order chi connectivity index (χ1) is 19.1. The van der Waals surface area contributed by atoms with E-state index >= 15 is 0 Å². The van der Waals surface area contributed by atoms with E-state index in [4.69, 9.17) is 25.8 Å². The zero-order chi connectivity index (χ0) is 28.6. The summed E-state index contributed by atoms with van der Waals surface area (Å²) in [6.45, 7) is 4.56. The van der Waals surface area contributed by atoms with Gasteiger partial charge in [-0.05, 0) is 42.5 Å². The Labute approximate surface area is 235 Å². The van der Waals surface area contributed by atoms with Gasteiger partial charge >= 0.3 is 0 Å². The van der Waals surface area contributed by atoms with Gasteiger partial charge in [-0.1, -0.05) is 25.4 Å². The molecule has 0 aliphatic carbocycles. The number of Topliss-reactive ketones (excluding diaryl/α,β-unsaturated/α-hetero) is 1. The summed E-state index contributed by atoms with van der Waals surface area (Å²) < 4.78 is 30.8. The van der Waals surface area contributed by atoms with E-state index in [0.717, 1.165) is 5.56 Å². The van der Waals surface area contributed by atoms with Gasteiger partial charge in [0.25, 0.3) is 11.8 Å². The number of halogens is 2. The van der Waals surface area contributed by atoms with Crippen molar-refractivity contribution in [1.29, 1.82) is 0 Å². The number of pyridine rings is 1. The third kappa shape index (κ3) is 5.31. The molecule has 40 heavy (non-hydrogen) atoms. The normalized spacial score (nSPS) is 17.0. The van der Waals surface area contributed by atoms with Gasteiger partial charge in [-0.3, -0.25) is 14.4 Å². The number of methoxy groups -OCH3 is 1. The summed E-state index contributed by atoms with van der Waals surface area (Å²) in [5.74, 6) is -0.583. The Hall–Kier alpha value is -4.18. The average Bonchev–Trinajstić information content (AvgIpc) is 3.49. The summed E-state index contributed by atoms with van der Waals surface area (Å²) in [5, 5.41) is 5.24. The first kappa shape index (κ1) is 27.4. The summed E-state index contributed by atoms with van der Waals surface area (Å²) in [6.07, 6.45) is -0.0975.